The molecule has 0 saturated heterocycles. The number of pyridine rings is 1. The van der Waals surface area contributed by atoms with E-state index < -0.39 is 0 Å². The molecular weight excluding hydrogens is 434 g/mol. The highest BCUT2D eigenvalue weighted by atomic mass is 16.5. The number of carbonyl (C=O) groups excluding carboxylic acids is 1. The second kappa shape index (κ2) is 15.6. The van der Waals surface area contributed by atoms with Crippen molar-refractivity contribution < 1.29 is 14.3 Å². The molecule has 1 aromatic heterocycles. The molecule has 1 aliphatic carbocycles. The van der Waals surface area contributed by atoms with Gasteiger partial charge in [-0.15, -0.1) is 0 Å². The molecule has 1 saturated carbocycles. The van der Waals surface area contributed by atoms with Gasteiger partial charge in [-0.05, 0) is 67.5 Å². The Balaban J connectivity index is 1.35. The van der Waals surface area contributed by atoms with E-state index >= 15 is 0 Å². The van der Waals surface area contributed by atoms with Gasteiger partial charge in [0, 0.05) is 5.69 Å². The number of benzene rings is 1. The van der Waals surface area contributed by atoms with E-state index in [9.17, 15) is 4.79 Å². The zero-order valence-corrected chi connectivity index (χ0v) is 22.0. The topological polar surface area (TPSA) is 48.4 Å². The number of aryl methyl sites for hydroxylation is 1. The van der Waals surface area contributed by atoms with Crippen LogP contribution in [0.3, 0.4) is 0 Å². The maximum atomic E-state index is 12.5. The fourth-order valence-corrected chi connectivity index (χ4v) is 5.11. The molecule has 1 aliphatic rings. The first-order valence-electron chi connectivity index (χ1n) is 14.1. The molecule has 4 heteroatoms. The van der Waals surface area contributed by atoms with Crippen LogP contribution in [-0.4, -0.2) is 17.6 Å². The van der Waals surface area contributed by atoms with Gasteiger partial charge in [0.2, 0.25) is 0 Å². The number of ether oxygens (including phenoxy) is 2. The first-order valence-corrected chi connectivity index (χ1v) is 14.1. The highest BCUT2D eigenvalue weighted by Crippen LogP contribution is 2.33. The number of rotatable bonds is 15. The van der Waals surface area contributed by atoms with Gasteiger partial charge in [0.15, 0.2) is 0 Å². The number of nitrogens with zero attached hydrogens (tertiary/aromatic N) is 1. The van der Waals surface area contributed by atoms with Crippen molar-refractivity contribution >= 4 is 5.97 Å². The molecule has 4 nitrogen and oxygen atoms in total. The number of hydrogen-bond acceptors (Lipinski definition) is 4. The predicted molar refractivity (Wildman–Crippen MR) is 143 cm³/mol. The van der Waals surface area contributed by atoms with Gasteiger partial charge in [-0.3, -0.25) is 4.98 Å². The Morgan fingerprint density at radius 3 is 2.11 bits per heavy atom. The molecular formula is C31H45NO3. The lowest BCUT2D eigenvalue weighted by Crippen LogP contribution is -2.15. The quantitative estimate of drug-likeness (QED) is 0.190. The third-order valence-corrected chi connectivity index (χ3v) is 7.34. The number of esters is 1. The van der Waals surface area contributed by atoms with Crippen molar-refractivity contribution in [3.05, 3.63) is 53.9 Å². The summed E-state index contributed by atoms with van der Waals surface area (Å²) >= 11 is 0. The van der Waals surface area contributed by atoms with Crippen LogP contribution in [0.4, 0.5) is 0 Å². The van der Waals surface area contributed by atoms with E-state index in [2.05, 4.69) is 18.8 Å². The minimum atomic E-state index is -0.370. The summed E-state index contributed by atoms with van der Waals surface area (Å²) in [5.74, 6) is 2.70. The average molecular weight is 480 g/mol. The van der Waals surface area contributed by atoms with Crippen molar-refractivity contribution in [3.63, 3.8) is 0 Å². The van der Waals surface area contributed by atoms with Crippen molar-refractivity contribution in [2.75, 3.05) is 6.61 Å². The van der Waals surface area contributed by atoms with E-state index in [1.54, 1.807) is 18.3 Å². The first kappa shape index (κ1) is 27.2. The summed E-state index contributed by atoms with van der Waals surface area (Å²) in [7, 11) is 0. The van der Waals surface area contributed by atoms with Crippen LogP contribution in [0.2, 0.25) is 0 Å². The fraction of sp³-hybridized carbons (Fsp3) is 0.613. The van der Waals surface area contributed by atoms with E-state index in [1.807, 2.05) is 24.3 Å². The van der Waals surface area contributed by atoms with E-state index in [4.69, 9.17) is 9.47 Å². The van der Waals surface area contributed by atoms with Gasteiger partial charge >= 0.3 is 5.97 Å². The van der Waals surface area contributed by atoms with Gasteiger partial charge in [-0.2, -0.15) is 0 Å². The average Bonchev–Trinajstić information content (AvgIpc) is 2.89. The minimum absolute atomic E-state index is 0.370. The molecule has 0 N–H and O–H groups in total. The maximum absolute atomic E-state index is 12.5. The normalized spacial score (nSPS) is 17.8. The standard InChI is InChI=1S/C31H45NO3/c1-3-5-6-7-8-9-23-34-29-20-16-27(17-21-29)31(33)35-30-22-19-28(32-24-30)18-15-26-13-11-25(10-4-2)12-14-26/h16-17,19-22,24-26H,3-15,18,23H2,1-2H3. The van der Waals surface area contributed by atoms with Crippen molar-refractivity contribution in [2.45, 2.75) is 104 Å². The molecule has 0 bridgehead atoms. The number of carbonyl (C=O) groups is 1. The lowest BCUT2D eigenvalue weighted by molar-refractivity contribution is 0.0734. The molecule has 0 radical (unpaired) electrons. The molecule has 0 aliphatic heterocycles. The number of hydrogen-bond donors (Lipinski definition) is 0. The Kier molecular flexibility index (Phi) is 12.1. The van der Waals surface area contributed by atoms with Gasteiger partial charge in [0.1, 0.15) is 11.5 Å². The number of aromatic nitrogens is 1. The van der Waals surface area contributed by atoms with E-state index in [0.717, 1.165) is 36.1 Å². The minimum Gasteiger partial charge on any atom is -0.494 e. The van der Waals surface area contributed by atoms with Gasteiger partial charge in [0.25, 0.3) is 0 Å². The Bertz CT molecular complexity index is 839. The van der Waals surface area contributed by atoms with Crippen LogP contribution < -0.4 is 9.47 Å². The van der Waals surface area contributed by atoms with Crippen LogP contribution in [0, 0.1) is 11.8 Å². The summed E-state index contributed by atoms with van der Waals surface area (Å²) in [4.78, 5) is 17.0. The number of unbranched alkanes of at least 4 members (excludes halogenated alkanes) is 5. The largest absolute Gasteiger partial charge is 0.494 e. The predicted octanol–water partition coefficient (Wildman–Crippen LogP) is 8.58. The SMILES string of the molecule is CCCCCCCCOc1ccc(C(=O)Oc2ccc(CCC3CCC(CCC)CC3)nc2)cc1. The van der Waals surface area contributed by atoms with E-state index in [0.29, 0.717) is 17.9 Å². The van der Waals surface area contributed by atoms with Crippen molar-refractivity contribution in [1.29, 1.82) is 0 Å². The molecule has 0 spiro atoms. The second-order valence-electron chi connectivity index (χ2n) is 10.2. The Morgan fingerprint density at radius 1 is 0.800 bits per heavy atom. The third kappa shape index (κ3) is 10.0. The van der Waals surface area contributed by atoms with E-state index in [-0.39, 0.29) is 5.97 Å². The molecule has 2 aromatic rings. The van der Waals surface area contributed by atoms with Crippen LogP contribution in [0.15, 0.2) is 42.6 Å². The highest BCUT2D eigenvalue weighted by molar-refractivity contribution is 5.91. The molecule has 1 fully saturated rings. The molecule has 0 atom stereocenters. The molecule has 192 valence electrons. The summed E-state index contributed by atoms with van der Waals surface area (Å²) in [5.41, 5.74) is 1.59. The lowest BCUT2D eigenvalue weighted by atomic mass is 9.78. The third-order valence-electron chi connectivity index (χ3n) is 7.34. The lowest BCUT2D eigenvalue weighted by Gasteiger charge is -2.28. The summed E-state index contributed by atoms with van der Waals surface area (Å²) in [6, 6.07) is 11.0. The van der Waals surface area contributed by atoms with Gasteiger partial charge in [0.05, 0.1) is 18.4 Å². The Labute approximate surface area is 212 Å². The van der Waals surface area contributed by atoms with Crippen LogP contribution in [0.25, 0.3) is 0 Å². The van der Waals surface area contributed by atoms with Crippen LogP contribution >= 0.6 is 0 Å². The Morgan fingerprint density at radius 2 is 1.46 bits per heavy atom. The molecule has 0 amide bonds. The summed E-state index contributed by atoms with van der Waals surface area (Å²) in [6.45, 7) is 5.24. The summed E-state index contributed by atoms with van der Waals surface area (Å²) < 4.78 is 11.3. The van der Waals surface area contributed by atoms with Crippen LogP contribution in [-0.2, 0) is 6.42 Å². The maximum Gasteiger partial charge on any atom is 0.343 e. The molecule has 0 unspecified atom stereocenters. The van der Waals surface area contributed by atoms with Crippen LogP contribution in [0.5, 0.6) is 11.5 Å². The molecule has 1 aromatic carbocycles. The molecule has 3 rings (SSSR count). The smallest absolute Gasteiger partial charge is 0.343 e. The molecule has 35 heavy (non-hydrogen) atoms. The summed E-state index contributed by atoms with van der Waals surface area (Å²) in [5, 5.41) is 0. The van der Waals surface area contributed by atoms with Gasteiger partial charge < -0.3 is 9.47 Å². The zero-order valence-electron chi connectivity index (χ0n) is 22.0. The van der Waals surface area contributed by atoms with Crippen LogP contribution in [0.1, 0.15) is 113 Å². The second-order valence-corrected chi connectivity index (χ2v) is 10.2. The summed E-state index contributed by atoms with van der Waals surface area (Å²) in [6.07, 6.45) is 19.6. The van der Waals surface area contributed by atoms with Gasteiger partial charge in [-0.25, -0.2) is 4.79 Å². The van der Waals surface area contributed by atoms with E-state index in [1.165, 1.54) is 77.0 Å². The van der Waals surface area contributed by atoms with Crippen molar-refractivity contribution in [2.24, 2.45) is 11.8 Å². The Hall–Kier alpha value is -2.36. The highest BCUT2D eigenvalue weighted by Gasteiger charge is 2.20. The van der Waals surface area contributed by atoms with Crippen molar-refractivity contribution in [3.8, 4) is 11.5 Å². The fourth-order valence-electron chi connectivity index (χ4n) is 5.11. The zero-order chi connectivity index (χ0) is 24.7. The first-order chi connectivity index (χ1) is 17.2. The van der Waals surface area contributed by atoms with Gasteiger partial charge in [-0.1, -0.05) is 84.5 Å². The monoisotopic (exact) mass is 479 g/mol. The molecule has 1 heterocycles. The van der Waals surface area contributed by atoms with Crippen molar-refractivity contribution in [1.82, 2.24) is 4.98 Å².